The highest BCUT2D eigenvalue weighted by Gasteiger charge is 2.30. The summed E-state index contributed by atoms with van der Waals surface area (Å²) in [6, 6.07) is 13.8. The number of carbonyl (C=O) groups is 4. The second kappa shape index (κ2) is 10.8. The Morgan fingerprint density at radius 3 is 2.20 bits per heavy atom. The van der Waals surface area contributed by atoms with Crippen molar-refractivity contribution in [2.45, 2.75) is 32.2 Å². The predicted molar refractivity (Wildman–Crippen MR) is 110 cm³/mol. The molecule has 2 rings (SSSR count). The van der Waals surface area contributed by atoms with Crippen molar-refractivity contribution in [3.8, 4) is 0 Å². The van der Waals surface area contributed by atoms with E-state index >= 15 is 0 Å². The first kappa shape index (κ1) is 22.6. The molecule has 0 bridgehead atoms. The number of esters is 1. The third-order valence-corrected chi connectivity index (χ3v) is 4.40. The Kier molecular flexibility index (Phi) is 8.10. The maximum atomic E-state index is 13.1. The number of hydrogen-bond acceptors (Lipinski definition) is 5. The van der Waals surface area contributed by atoms with Gasteiger partial charge >= 0.3 is 11.9 Å². The molecule has 0 heterocycles. The summed E-state index contributed by atoms with van der Waals surface area (Å²) >= 11 is 0. The number of carbonyl (C=O) groups excluding carboxylic acids is 3. The van der Waals surface area contributed by atoms with Crippen molar-refractivity contribution < 1.29 is 29.0 Å². The Morgan fingerprint density at radius 2 is 1.67 bits per heavy atom. The van der Waals surface area contributed by atoms with E-state index in [0.29, 0.717) is 5.69 Å². The number of nitrogens with two attached hydrogens (primary N) is 1. The number of amides is 2. The van der Waals surface area contributed by atoms with Crippen molar-refractivity contribution in [3.05, 3.63) is 65.7 Å². The van der Waals surface area contributed by atoms with Gasteiger partial charge in [0.15, 0.2) is 0 Å². The van der Waals surface area contributed by atoms with Crippen LogP contribution in [-0.4, -0.2) is 41.5 Å². The average Bonchev–Trinajstić information content (AvgIpc) is 2.71. The van der Waals surface area contributed by atoms with Crippen LogP contribution in [0.5, 0.6) is 0 Å². The van der Waals surface area contributed by atoms with E-state index in [-0.39, 0.29) is 31.4 Å². The minimum atomic E-state index is -1.15. The van der Waals surface area contributed by atoms with Gasteiger partial charge in [0.05, 0.1) is 18.6 Å². The molecule has 0 saturated carbocycles. The Hall–Kier alpha value is -3.68. The molecule has 8 nitrogen and oxygen atoms in total. The normalized spacial score (nSPS) is 11.4. The van der Waals surface area contributed by atoms with Gasteiger partial charge in [-0.1, -0.05) is 30.3 Å². The van der Waals surface area contributed by atoms with Gasteiger partial charge in [0, 0.05) is 12.1 Å². The smallest absolute Gasteiger partial charge is 0.338 e. The number of aliphatic carboxylic acids is 1. The molecule has 3 N–H and O–H groups in total. The second-order valence-electron chi connectivity index (χ2n) is 6.54. The molecule has 8 heteroatoms. The van der Waals surface area contributed by atoms with Gasteiger partial charge in [0.1, 0.15) is 6.04 Å². The van der Waals surface area contributed by atoms with Crippen LogP contribution in [0, 0.1) is 0 Å². The van der Waals surface area contributed by atoms with Gasteiger partial charge in [-0.05, 0) is 43.2 Å². The molecule has 1 unspecified atom stereocenters. The standard InChI is InChI=1S/C22H24N2O6/c1-2-30-22(29)16-8-10-17(11-9-16)24(18(21(23)28)12-13-20(26)27)19(25)14-15-6-4-3-5-7-15/h3-11,18H,2,12-14H2,1H3,(H2,23,28)(H,26,27). The number of rotatable bonds is 10. The van der Waals surface area contributed by atoms with Gasteiger partial charge in [0.2, 0.25) is 11.8 Å². The minimum absolute atomic E-state index is 0.00266. The number of primary amides is 1. The lowest BCUT2D eigenvalue weighted by molar-refractivity contribution is -0.137. The van der Waals surface area contributed by atoms with Gasteiger partial charge in [0.25, 0.3) is 0 Å². The van der Waals surface area contributed by atoms with Crippen LogP contribution in [0.1, 0.15) is 35.7 Å². The molecular formula is C22H24N2O6. The lowest BCUT2D eigenvalue weighted by atomic mass is 10.0. The van der Waals surface area contributed by atoms with E-state index < -0.39 is 29.8 Å². The van der Waals surface area contributed by atoms with Crippen LogP contribution in [-0.2, 0) is 25.5 Å². The quantitative estimate of drug-likeness (QED) is 0.576. The molecule has 2 aromatic carbocycles. The van der Waals surface area contributed by atoms with E-state index in [1.165, 1.54) is 29.2 Å². The van der Waals surface area contributed by atoms with Crippen molar-refractivity contribution >= 4 is 29.4 Å². The lowest BCUT2D eigenvalue weighted by Gasteiger charge is -2.30. The minimum Gasteiger partial charge on any atom is -0.481 e. The predicted octanol–water partition coefficient (Wildman–Crippen LogP) is 2.16. The fourth-order valence-electron chi connectivity index (χ4n) is 2.98. The third kappa shape index (κ3) is 6.16. The number of carboxylic acids is 1. The first-order valence-corrected chi connectivity index (χ1v) is 9.47. The van der Waals surface area contributed by atoms with Crippen LogP contribution in [0.3, 0.4) is 0 Å². The van der Waals surface area contributed by atoms with E-state index in [1.54, 1.807) is 31.2 Å². The van der Waals surface area contributed by atoms with Crippen molar-refractivity contribution in [3.63, 3.8) is 0 Å². The third-order valence-electron chi connectivity index (χ3n) is 4.40. The summed E-state index contributed by atoms with van der Waals surface area (Å²) in [6.45, 7) is 1.91. The maximum absolute atomic E-state index is 13.1. The van der Waals surface area contributed by atoms with Crippen LogP contribution in [0.4, 0.5) is 5.69 Å². The van der Waals surface area contributed by atoms with Gasteiger partial charge in [-0.2, -0.15) is 0 Å². The van der Waals surface area contributed by atoms with E-state index in [9.17, 15) is 19.2 Å². The summed E-state index contributed by atoms with van der Waals surface area (Å²) in [4.78, 5) is 49.3. The van der Waals surface area contributed by atoms with Gasteiger partial charge in [-0.3, -0.25) is 19.3 Å². The number of ether oxygens (including phenoxy) is 1. The summed E-state index contributed by atoms with van der Waals surface area (Å²) in [7, 11) is 0. The number of carboxylic acid groups (broad SMARTS) is 1. The first-order valence-electron chi connectivity index (χ1n) is 9.47. The Morgan fingerprint density at radius 1 is 1.03 bits per heavy atom. The van der Waals surface area contributed by atoms with Crippen molar-refractivity contribution in [1.82, 2.24) is 0 Å². The van der Waals surface area contributed by atoms with E-state index in [4.69, 9.17) is 15.6 Å². The van der Waals surface area contributed by atoms with Crippen LogP contribution in [0.15, 0.2) is 54.6 Å². The number of hydrogen-bond donors (Lipinski definition) is 2. The molecule has 0 spiro atoms. The van der Waals surface area contributed by atoms with Gasteiger partial charge in [-0.25, -0.2) is 4.79 Å². The molecule has 2 aromatic rings. The summed E-state index contributed by atoms with van der Waals surface area (Å²) in [5.74, 6) is -2.84. The largest absolute Gasteiger partial charge is 0.481 e. The van der Waals surface area contributed by atoms with Gasteiger partial charge in [-0.15, -0.1) is 0 Å². The number of nitrogens with zero attached hydrogens (tertiary/aromatic N) is 1. The Labute approximate surface area is 174 Å². The highest BCUT2D eigenvalue weighted by Crippen LogP contribution is 2.22. The first-order chi connectivity index (χ1) is 14.3. The zero-order chi connectivity index (χ0) is 22.1. The molecule has 0 saturated heterocycles. The topological polar surface area (TPSA) is 127 Å². The number of anilines is 1. The maximum Gasteiger partial charge on any atom is 0.338 e. The SMILES string of the molecule is CCOC(=O)c1ccc(N(C(=O)Cc2ccccc2)C(CCC(=O)O)C(N)=O)cc1. The van der Waals surface area contributed by atoms with Crippen LogP contribution < -0.4 is 10.6 Å². The summed E-state index contributed by atoms with van der Waals surface area (Å²) in [5.41, 5.74) is 6.86. The van der Waals surface area contributed by atoms with Crippen LogP contribution >= 0.6 is 0 Å². The Bertz CT molecular complexity index is 896. The molecule has 158 valence electrons. The van der Waals surface area contributed by atoms with E-state index in [1.807, 2.05) is 6.07 Å². The second-order valence-corrected chi connectivity index (χ2v) is 6.54. The monoisotopic (exact) mass is 412 g/mol. The van der Waals surface area contributed by atoms with E-state index in [0.717, 1.165) is 5.56 Å². The van der Waals surface area contributed by atoms with E-state index in [2.05, 4.69) is 0 Å². The molecule has 0 aliphatic heterocycles. The zero-order valence-corrected chi connectivity index (χ0v) is 16.6. The zero-order valence-electron chi connectivity index (χ0n) is 16.6. The summed E-state index contributed by atoms with van der Waals surface area (Å²) < 4.78 is 4.95. The Balaban J connectivity index is 2.38. The molecule has 0 aliphatic rings. The fraction of sp³-hybridized carbons (Fsp3) is 0.273. The molecule has 0 radical (unpaired) electrons. The molecule has 0 aliphatic carbocycles. The van der Waals surface area contributed by atoms with Crippen LogP contribution in [0.2, 0.25) is 0 Å². The molecule has 30 heavy (non-hydrogen) atoms. The van der Waals surface area contributed by atoms with Crippen LogP contribution in [0.25, 0.3) is 0 Å². The molecule has 1 atom stereocenters. The molecule has 0 fully saturated rings. The average molecular weight is 412 g/mol. The number of benzene rings is 2. The summed E-state index contributed by atoms with van der Waals surface area (Å²) in [6.07, 6.45) is -0.466. The highest BCUT2D eigenvalue weighted by atomic mass is 16.5. The summed E-state index contributed by atoms with van der Waals surface area (Å²) in [5, 5.41) is 9.01. The van der Waals surface area contributed by atoms with Crippen molar-refractivity contribution in [2.24, 2.45) is 5.73 Å². The fourth-order valence-corrected chi connectivity index (χ4v) is 2.98. The highest BCUT2D eigenvalue weighted by molar-refractivity contribution is 6.01. The lowest BCUT2D eigenvalue weighted by Crippen LogP contribution is -2.49. The van der Waals surface area contributed by atoms with Crippen molar-refractivity contribution in [1.29, 1.82) is 0 Å². The molecule has 2 amide bonds. The molecular weight excluding hydrogens is 388 g/mol. The van der Waals surface area contributed by atoms with Gasteiger partial charge < -0.3 is 15.6 Å². The van der Waals surface area contributed by atoms with Crippen molar-refractivity contribution in [2.75, 3.05) is 11.5 Å². The molecule has 0 aromatic heterocycles.